The Balaban J connectivity index is 2.13. The van der Waals surface area contributed by atoms with Gasteiger partial charge in [-0.3, -0.25) is 9.59 Å². The summed E-state index contributed by atoms with van der Waals surface area (Å²) in [5.41, 5.74) is 0.944. The number of amides is 2. The predicted molar refractivity (Wildman–Crippen MR) is 120 cm³/mol. The SMILES string of the molecule is CCOC(=O)c1c(NC(=O)CNC2CCCCC2C(C)(C)C)sc(C(=O)NC)c1C. The van der Waals surface area contributed by atoms with Crippen LogP contribution in [0.5, 0.6) is 0 Å². The molecule has 30 heavy (non-hydrogen) atoms. The molecule has 1 aliphatic carbocycles. The number of thiophene rings is 1. The van der Waals surface area contributed by atoms with Crippen LogP contribution in [-0.2, 0) is 9.53 Å². The maximum absolute atomic E-state index is 12.7. The number of rotatable bonds is 7. The van der Waals surface area contributed by atoms with Gasteiger partial charge >= 0.3 is 5.97 Å². The number of carbonyl (C=O) groups excluding carboxylic acids is 3. The van der Waals surface area contributed by atoms with Gasteiger partial charge in [0.15, 0.2) is 0 Å². The van der Waals surface area contributed by atoms with Crippen molar-refractivity contribution in [2.75, 3.05) is 25.5 Å². The summed E-state index contributed by atoms with van der Waals surface area (Å²) in [4.78, 5) is 37.7. The van der Waals surface area contributed by atoms with E-state index >= 15 is 0 Å². The maximum atomic E-state index is 12.7. The van der Waals surface area contributed by atoms with E-state index in [0.29, 0.717) is 27.4 Å². The molecule has 2 unspecified atom stereocenters. The fourth-order valence-electron chi connectivity index (χ4n) is 4.19. The normalized spacial score (nSPS) is 19.3. The number of nitrogens with one attached hydrogen (secondary N) is 3. The Labute approximate surface area is 183 Å². The first-order valence-electron chi connectivity index (χ1n) is 10.7. The van der Waals surface area contributed by atoms with Gasteiger partial charge in [0, 0.05) is 13.1 Å². The van der Waals surface area contributed by atoms with Crippen LogP contribution in [-0.4, -0.2) is 44.0 Å². The lowest BCUT2D eigenvalue weighted by Gasteiger charge is -2.40. The Hall–Kier alpha value is -1.93. The van der Waals surface area contributed by atoms with Crippen LogP contribution in [0, 0.1) is 18.3 Å². The summed E-state index contributed by atoms with van der Waals surface area (Å²) in [7, 11) is 1.53. The summed E-state index contributed by atoms with van der Waals surface area (Å²) < 4.78 is 5.13. The molecule has 1 saturated carbocycles. The van der Waals surface area contributed by atoms with Gasteiger partial charge in [-0.1, -0.05) is 33.6 Å². The zero-order chi connectivity index (χ0) is 22.5. The Kier molecular flexibility index (Phi) is 8.43. The van der Waals surface area contributed by atoms with Crippen molar-refractivity contribution < 1.29 is 19.1 Å². The monoisotopic (exact) mass is 437 g/mol. The Morgan fingerprint density at radius 3 is 2.43 bits per heavy atom. The van der Waals surface area contributed by atoms with Gasteiger partial charge in [-0.25, -0.2) is 4.79 Å². The van der Waals surface area contributed by atoms with Gasteiger partial charge < -0.3 is 20.7 Å². The van der Waals surface area contributed by atoms with Gasteiger partial charge in [-0.2, -0.15) is 0 Å². The van der Waals surface area contributed by atoms with Crippen LogP contribution in [0.2, 0.25) is 0 Å². The third kappa shape index (κ3) is 5.82. The van der Waals surface area contributed by atoms with Crippen molar-refractivity contribution >= 4 is 34.1 Å². The molecule has 2 amide bonds. The Morgan fingerprint density at radius 2 is 1.83 bits per heavy atom. The van der Waals surface area contributed by atoms with Crippen molar-refractivity contribution in [3.8, 4) is 0 Å². The van der Waals surface area contributed by atoms with E-state index in [9.17, 15) is 14.4 Å². The van der Waals surface area contributed by atoms with E-state index in [4.69, 9.17) is 4.74 Å². The molecule has 8 heteroatoms. The summed E-state index contributed by atoms with van der Waals surface area (Å²) in [5.74, 6) is -0.553. The lowest BCUT2D eigenvalue weighted by atomic mass is 9.69. The topological polar surface area (TPSA) is 96.5 Å². The highest BCUT2D eigenvalue weighted by atomic mass is 32.1. The molecule has 0 saturated heterocycles. The summed E-state index contributed by atoms with van der Waals surface area (Å²) in [6.45, 7) is 10.5. The fourth-order valence-corrected chi connectivity index (χ4v) is 5.34. The molecule has 0 radical (unpaired) electrons. The smallest absolute Gasteiger partial charge is 0.341 e. The molecular formula is C22H35N3O4S. The molecule has 2 rings (SSSR count). The van der Waals surface area contributed by atoms with E-state index in [0.717, 1.165) is 24.2 Å². The van der Waals surface area contributed by atoms with Crippen LogP contribution in [0.4, 0.5) is 5.00 Å². The highest BCUT2D eigenvalue weighted by Gasteiger charge is 2.34. The van der Waals surface area contributed by atoms with Crippen LogP contribution in [0.15, 0.2) is 0 Å². The number of hydrogen-bond donors (Lipinski definition) is 3. The minimum absolute atomic E-state index is 0.158. The summed E-state index contributed by atoms with van der Waals surface area (Å²) in [6, 6.07) is 0.292. The molecule has 1 aliphatic rings. The van der Waals surface area contributed by atoms with Crippen molar-refractivity contribution in [1.29, 1.82) is 0 Å². The lowest BCUT2D eigenvalue weighted by Crippen LogP contribution is -2.46. The molecule has 0 aliphatic heterocycles. The van der Waals surface area contributed by atoms with E-state index in [1.54, 1.807) is 13.8 Å². The molecule has 1 fully saturated rings. The van der Waals surface area contributed by atoms with Crippen molar-refractivity contribution in [2.45, 2.75) is 66.3 Å². The molecule has 1 heterocycles. The standard InChI is InChI=1S/C22H35N3O4S/c1-7-29-21(28)17-13(2)18(19(27)23-6)30-20(17)25-16(26)12-24-15-11-9-8-10-14(15)22(3,4)5/h14-15,24H,7-12H2,1-6H3,(H,23,27)(H,25,26). The minimum Gasteiger partial charge on any atom is -0.462 e. The van der Waals surface area contributed by atoms with Crippen LogP contribution in [0.3, 0.4) is 0 Å². The second-order valence-corrected chi connectivity index (χ2v) is 9.87. The van der Waals surface area contributed by atoms with Crippen LogP contribution >= 0.6 is 11.3 Å². The van der Waals surface area contributed by atoms with E-state index in [1.165, 1.54) is 19.9 Å². The molecule has 1 aromatic rings. The van der Waals surface area contributed by atoms with Crippen LogP contribution in [0.1, 0.15) is 79.0 Å². The van der Waals surface area contributed by atoms with Crippen LogP contribution in [0.25, 0.3) is 0 Å². The lowest BCUT2D eigenvalue weighted by molar-refractivity contribution is -0.115. The summed E-state index contributed by atoms with van der Waals surface area (Å²) >= 11 is 1.09. The number of carbonyl (C=O) groups is 3. The first-order chi connectivity index (χ1) is 14.1. The number of esters is 1. The summed E-state index contributed by atoms with van der Waals surface area (Å²) in [6.07, 6.45) is 4.61. The van der Waals surface area contributed by atoms with Crippen molar-refractivity contribution in [2.24, 2.45) is 11.3 Å². The number of hydrogen-bond acceptors (Lipinski definition) is 6. The number of anilines is 1. The largest absolute Gasteiger partial charge is 0.462 e. The number of ether oxygens (including phenoxy) is 1. The molecule has 0 aromatic carbocycles. The minimum atomic E-state index is -0.537. The van der Waals surface area contributed by atoms with E-state index in [2.05, 4.69) is 36.7 Å². The fraction of sp³-hybridized carbons (Fsp3) is 0.682. The van der Waals surface area contributed by atoms with Crippen molar-refractivity contribution in [3.63, 3.8) is 0 Å². The first-order valence-corrected chi connectivity index (χ1v) is 11.5. The Morgan fingerprint density at radius 1 is 1.17 bits per heavy atom. The average Bonchev–Trinajstić information content (AvgIpc) is 3.01. The molecule has 0 spiro atoms. The molecule has 1 aromatic heterocycles. The summed E-state index contributed by atoms with van der Waals surface area (Å²) in [5, 5.41) is 9.17. The van der Waals surface area contributed by atoms with Crippen LogP contribution < -0.4 is 16.0 Å². The Bertz CT molecular complexity index is 782. The molecule has 3 N–H and O–H groups in total. The van der Waals surface area contributed by atoms with Gasteiger partial charge in [0.1, 0.15) is 5.00 Å². The second-order valence-electron chi connectivity index (χ2n) is 8.85. The van der Waals surface area contributed by atoms with Gasteiger partial charge in [-0.15, -0.1) is 11.3 Å². The first kappa shape index (κ1) is 24.3. The van der Waals surface area contributed by atoms with Gasteiger partial charge in [0.05, 0.1) is 23.6 Å². The predicted octanol–water partition coefficient (Wildman–Crippen LogP) is 3.73. The zero-order valence-corrected chi connectivity index (χ0v) is 19.8. The maximum Gasteiger partial charge on any atom is 0.341 e. The van der Waals surface area contributed by atoms with E-state index in [1.807, 2.05) is 0 Å². The zero-order valence-electron chi connectivity index (χ0n) is 18.9. The molecular weight excluding hydrogens is 402 g/mol. The third-order valence-corrected chi connectivity index (χ3v) is 6.92. The van der Waals surface area contributed by atoms with E-state index in [-0.39, 0.29) is 35.9 Å². The molecule has 2 atom stereocenters. The van der Waals surface area contributed by atoms with Gasteiger partial charge in [0.25, 0.3) is 5.91 Å². The second kappa shape index (κ2) is 10.4. The average molecular weight is 438 g/mol. The highest BCUT2D eigenvalue weighted by molar-refractivity contribution is 7.18. The quantitative estimate of drug-likeness (QED) is 0.565. The third-order valence-electron chi connectivity index (χ3n) is 5.72. The van der Waals surface area contributed by atoms with Crippen molar-refractivity contribution in [3.05, 3.63) is 16.0 Å². The molecule has 7 nitrogen and oxygen atoms in total. The van der Waals surface area contributed by atoms with Gasteiger partial charge in [-0.05, 0) is 43.6 Å². The van der Waals surface area contributed by atoms with Gasteiger partial charge in [0.2, 0.25) is 5.91 Å². The molecule has 168 valence electrons. The molecule has 0 bridgehead atoms. The highest BCUT2D eigenvalue weighted by Crippen LogP contribution is 2.38. The van der Waals surface area contributed by atoms with Crippen molar-refractivity contribution in [1.82, 2.24) is 10.6 Å². The van der Waals surface area contributed by atoms with E-state index < -0.39 is 5.97 Å².